The molecule has 1 aromatic rings. The van der Waals surface area contributed by atoms with Gasteiger partial charge in [0.1, 0.15) is 5.75 Å². The molecule has 4 rings (SSSR count). The zero-order valence-electron chi connectivity index (χ0n) is 11.1. The van der Waals surface area contributed by atoms with E-state index in [-0.39, 0.29) is 0 Å². The molecule has 0 radical (unpaired) electrons. The second-order valence-corrected chi connectivity index (χ2v) is 7.23. The van der Waals surface area contributed by atoms with Crippen molar-refractivity contribution in [2.24, 2.45) is 0 Å². The summed E-state index contributed by atoms with van der Waals surface area (Å²) in [7, 11) is -1.06. The zero-order chi connectivity index (χ0) is 13.1. The molecule has 0 amide bonds. The second kappa shape index (κ2) is 5.60. The van der Waals surface area contributed by atoms with Gasteiger partial charge >= 0.3 is 8.80 Å². The SMILES string of the molecule is COc1ccc([Si]23OCCN(CCO2)CCO3)cc1. The predicted octanol–water partition coefficient (Wildman–Crippen LogP) is 0.220. The van der Waals surface area contributed by atoms with Crippen LogP contribution in [0, 0.1) is 0 Å². The molecule has 0 aliphatic carbocycles. The molecule has 3 aliphatic heterocycles. The zero-order valence-corrected chi connectivity index (χ0v) is 12.1. The first-order valence-electron chi connectivity index (χ1n) is 6.61. The van der Waals surface area contributed by atoms with Crippen LogP contribution in [0.2, 0.25) is 0 Å². The minimum absolute atomic E-state index is 0.665. The molecule has 3 aliphatic rings. The van der Waals surface area contributed by atoms with Crippen molar-refractivity contribution in [2.45, 2.75) is 0 Å². The smallest absolute Gasteiger partial charge is 0.497 e. The van der Waals surface area contributed by atoms with Crippen LogP contribution < -0.4 is 9.92 Å². The molecule has 6 heteroatoms. The highest BCUT2D eigenvalue weighted by Crippen LogP contribution is 2.17. The number of hydrogen-bond donors (Lipinski definition) is 0. The van der Waals surface area contributed by atoms with Gasteiger partial charge in [-0.2, -0.15) is 0 Å². The molecule has 0 spiro atoms. The van der Waals surface area contributed by atoms with Crippen LogP contribution in [-0.2, 0) is 13.3 Å². The van der Waals surface area contributed by atoms with Gasteiger partial charge in [-0.15, -0.1) is 0 Å². The highest BCUT2D eigenvalue weighted by Gasteiger charge is 2.46. The van der Waals surface area contributed by atoms with E-state index in [0.717, 1.165) is 30.6 Å². The Balaban J connectivity index is 1.88. The van der Waals surface area contributed by atoms with Crippen molar-refractivity contribution in [1.82, 2.24) is 4.90 Å². The first kappa shape index (κ1) is 13.1. The first-order chi connectivity index (χ1) is 9.32. The fourth-order valence-corrected chi connectivity index (χ4v) is 4.84. The summed E-state index contributed by atoms with van der Waals surface area (Å²) in [4.78, 5) is 2.31. The van der Waals surface area contributed by atoms with Crippen LogP contribution in [0.1, 0.15) is 0 Å². The van der Waals surface area contributed by atoms with E-state index in [1.807, 2.05) is 24.3 Å². The third-order valence-corrected chi connectivity index (χ3v) is 6.34. The maximum absolute atomic E-state index is 6.01. The van der Waals surface area contributed by atoms with E-state index in [1.165, 1.54) is 0 Å². The van der Waals surface area contributed by atoms with E-state index >= 15 is 0 Å². The quantitative estimate of drug-likeness (QED) is 0.725. The number of methoxy groups -OCH3 is 1. The summed E-state index contributed by atoms with van der Waals surface area (Å²) in [6.45, 7) is 4.86. The Bertz CT molecular complexity index is 399. The van der Waals surface area contributed by atoms with E-state index in [2.05, 4.69) is 4.90 Å². The van der Waals surface area contributed by atoms with Gasteiger partial charge in [-0.3, -0.25) is 4.90 Å². The van der Waals surface area contributed by atoms with E-state index < -0.39 is 8.80 Å². The van der Waals surface area contributed by atoms with Gasteiger partial charge in [0.05, 0.1) is 26.9 Å². The van der Waals surface area contributed by atoms with Crippen molar-refractivity contribution in [1.29, 1.82) is 0 Å². The minimum Gasteiger partial charge on any atom is -0.497 e. The molecule has 3 fully saturated rings. The molecular formula is C13H19NO4Si. The van der Waals surface area contributed by atoms with Gasteiger partial charge in [-0.05, 0) is 12.1 Å². The maximum Gasteiger partial charge on any atom is 0.537 e. The lowest BCUT2D eigenvalue weighted by Crippen LogP contribution is -2.62. The van der Waals surface area contributed by atoms with Crippen molar-refractivity contribution < 1.29 is 18.0 Å². The van der Waals surface area contributed by atoms with E-state index in [1.54, 1.807) is 7.11 Å². The van der Waals surface area contributed by atoms with Crippen LogP contribution in [0.15, 0.2) is 24.3 Å². The number of fused-ring (bicyclic) bond motifs is 6. The normalized spacial score (nSPS) is 31.3. The summed E-state index contributed by atoms with van der Waals surface area (Å²) in [5.41, 5.74) is 0. The maximum atomic E-state index is 6.01. The van der Waals surface area contributed by atoms with Crippen LogP contribution in [0.25, 0.3) is 0 Å². The molecule has 2 bridgehead atoms. The molecule has 1 aromatic carbocycles. The van der Waals surface area contributed by atoms with Crippen LogP contribution in [0.4, 0.5) is 0 Å². The number of rotatable bonds is 2. The molecular weight excluding hydrogens is 262 g/mol. The van der Waals surface area contributed by atoms with E-state index in [0.29, 0.717) is 19.8 Å². The Morgan fingerprint density at radius 3 is 1.95 bits per heavy atom. The van der Waals surface area contributed by atoms with Crippen LogP contribution >= 0.6 is 0 Å². The van der Waals surface area contributed by atoms with Gasteiger partial charge < -0.3 is 18.0 Å². The van der Waals surface area contributed by atoms with Crippen LogP contribution in [0.3, 0.4) is 0 Å². The van der Waals surface area contributed by atoms with Gasteiger partial charge in [0.25, 0.3) is 0 Å². The van der Waals surface area contributed by atoms with Crippen molar-refractivity contribution in [2.75, 3.05) is 46.6 Å². The number of benzene rings is 1. The van der Waals surface area contributed by atoms with Crippen LogP contribution in [0.5, 0.6) is 5.75 Å². The molecule has 104 valence electrons. The minimum atomic E-state index is -2.72. The fourth-order valence-electron chi connectivity index (χ4n) is 2.43. The first-order valence-corrected chi connectivity index (χ1v) is 8.34. The Morgan fingerprint density at radius 1 is 0.947 bits per heavy atom. The third kappa shape index (κ3) is 2.68. The van der Waals surface area contributed by atoms with Crippen LogP contribution in [-0.4, -0.2) is 60.3 Å². The third-order valence-electron chi connectivity index (χ3n) is 3.54. The van der Waals surface area contributed by atoms with Gasteiger partial charge in [-0.25, -0.2) is 0 Å². The highest BCUT2D eigenvalue weighted by molar-refractivity contribution is 6.75. The standard InChI is InChI=1S/C13H19NO4Si/c1-15-12-2-4-13(5-3-12)19-16-9-6-14(7-10-17-19)8-11-18-19/h2-5H,6-11H2,1H3. The Hall–Kier alpha value is -0.923. The molecule has 3 saturated heterocycles. The summed E-state index contributed by atoms with van der Waals surface area (Å²) >= 11 is 0. The lowest BCUT2D eigenvalue weighted by molar-refractivity contribution is 0.00141. The largest absolute Gasteiger partial charge is 0.537 e. The van der Waals surface area contributed by atoms with Gasteiger partial charge in [-0.1, -0.05) is 12.1 Å². The molecule has 5 nitrogen and oxygen atoms in total. The van der Waals surface area contributed by atoms with E-state index in [4.69, 9.17) is 18.0 Å². The van der Waals surface area contributed by atoms with Crippen molar-refractivity contribution in [3.63, 3.8) is 0 Å². The Kier molecular flexibility index (Phi) is 3.85. The lowest BCUT2D eigenvalue weighted by atomic mass is 10.3. The molecule has 0 aromatic heterocycles. The van der Waals surface area contributed by atoms with E-state index in [9.17, 15) is 0 Å². The van der Waals surface area contributed by atoms with Crippen molar-refractivity contribution >= 4 is 14.0 Å². The molecule has 0 saturated carbocycles. The summed E-state index contributed by atoms with van der Waals surface area (Å²) in [5.74, 6) is 0.831. The lowest BCUT2D eigenvalue weighted by Gasteiger charge is -2.38. The summed E-state index contributed by atoms with van der Waals surface area (Å²) in [5, 5.41) is 1.02. The Labute approximate surface area is 114 Å². The summed E-state index contributed by atoms with van der Waals surface area (Å²) in [6.07, 6.45) is 0. The Morgan fingerprint density at radius 2 is 1.47 bits per heavy atom. The highest BCUT2D eigenvalue weighted by atomic mass is 28.4. The van der Waals surface area contributed by atoms with Gasteiger partial charge in [0.15, 0.2) is 0 Å². The van der Waals surface area contributed by atoms with Crippen molar-refractivity contribution in [3.8, 4) is 5.75 Å². The molecule has 0 N–H and O–H groups in total. The van der Waals surface area contributed by atoms with Crippen molar-refractivity contribution in [3.05, 3.63) is 24.3 Å². The number of nitrogens with zero attached hydrogens (tertiary/aromatic N) is 1. The second-order valence-electron chi connectivity index (χ2n) is 4.67. The fraction of sp³-hybridized carbons (Fsp3) is 0.538. The van der Waals surface area contributed by atoms with Gasteiger partial charge in [0, 0.05) is 24.8 Å². The average Bonchev–Trinajstić information content (AvgIpc) is 2.37. The number of ether oxygens (including phenoxy) is 1. The molecule has 19 heavy (non-hydrogen) atoms. The average molecular weight is 281 g/mol. The molecule has 3 heterocycles. The van der Waals surface area contributed by atoms with Gasteiger partial charge in [0.2, 0.25) is 0 Å². The monoisotopic (exact) mass is 281 g/mol. The topological polar surface area (TPSA) is 40.2 Å². The number of hydrogen-bond acceptors (Lipinski definition) is 5. The predicted molar refractivity (Wildman–Crippen MR) is 72.7 cm³/mol. The molecule has 0 unspecified atom stereocenters. The molecule has 0 atom stereocenters. The summed E-state index contributed by atoms with van der Waals surface area (Å²) < 4.78 is 23.2. The summed E-state index contributed by atoms with van der Waals surface area (Å²) in [6, 6.07) is 7.84.